The van der Waals surface area contributed by atoms with E-state index in [0.717, 1.165) is 0 Å². The molecule has 0 spiro atoms. The van der Waals surface area contributed by atoms with Gasteiger partial charge in [0.15, 0.2) is 29.4 Å². The first-order valence-corrected chi connectivity index (χ1v) is 5.17. The van der Waals surface area contributed by atoms with Gasteiger partial charge in [-0.3, -0.25) is 0 Å². The lowest BCUT2D eigenvalue weighted by Crippen LogP contribution is -2.21. The summed E-state index contributed by atoms with van der Waals surface area (Å²) in [5, 5.41) is 17.8. The predicted molar refractivity (Wildman–Crippen MR) is 54.8 cm³/mol. The zero-order valence-electron chi connectivity index (χ0n) is 9.92. The fourth-order valence-corrected chi connectivity index (χ4v) is 1.42. The molecular weight excluding hydrogens is 288 g/mol. The molecule has 0 radical (unpaired) electrons. The predicted octanol–water partition coefficient (Wildman–Crippen LogP) is 1.54. The normalized spacial score (nSPS) is 12.1. The van der Waals surface area contributed by atoms with Crippen molar-refractivity contribution in [3.8, 4) is 0 Å². The fraction of sp³-hybridized carbons (Fsp3) is 0.273. The van der Waals surface area contributed by atoms with Crippen LogP contribution in [0.5, 0.6) is 0 Å². The van der Waals surface area contributed by atoms with Gasteiger partial charge < -0.3 is 14.9 Å². The van der Waals surface area contributed by atoms with Crippen molar-refractivity contribution >= 4 is 11.9 Å². The van der Waals surface area contributed by atoms with Gasteiger partial charge in [0.1, 0.15) is 5.56 Å². The molecule has 0 bridgehead atoms. The molecule has 0 aliphatic carbocycles. The highest BCUT2D eigenvalue weighted by molar-refractivity contribution is 5.88. The third kappa shape index (κ3) is 2.57. The van der Waals surface area contributed by atoms with Crippen molar-refractivity contribution in [1.82, 2.24) is 0 Å². The van der Waals surface area contributed by atoms with Gasteiger partial charge in [-0.2, -0.15) is 0 Å². The molecule has 1 aromatic carbocycles. The Hall–Kier alpha value is -2.16. The summed E-state index contributed by atoms with van der Waals surface area (Å²) in [5.74, 6) is -12.6. The van der Waals surface area contributed by atoms with E-state index in [0.29, 0.717) is 0 Å². The zero-order valence-corrected chi connectivity index (χ0v) is 9.92. The van der Waals surface area contributed by atoms with Gasteiger partial charge in [0.25, 0.3) is 0 Å². The first-order chi connectivity index (χ1) is 9.23. The van der Waals surface area contributed by atoms with Crippen LogP contribution in [0.25, 0.3) is 0 Å². The number of rotatable bonds is 4. The number of esters is 1. The highest BCUT2D eigenvalue weighted by atomic mass is 19.2. The zero-order chi connectivity index (χ0) is 15.6. The van der Waals surface area contributed by atoms with E-state index in [1.807, 2.05) is 0 Å². The molecule has 0 fully saturated rings. The highest BCUT2D eigenvalue weighted by Crippen LogP contribution is 2.29. The molecule has 1 rings (SSSR count). The highest BCUT2D eigenvalue weighted by Gasteiger charge is 2.35. The molecule has 1 atom stereocenters. The molecule has 0 saturated carbocycles. The number of hydrogen-bond acceptors (Lipinski definition) is 4. The minimum atomic E-state index is -2.62. The Bertz CT molecular complexity index is 543. The average Bonchev–Trinajstić information content (AvgIpc) is 2.36. The number of aromatic carboxylic acids is 1. The van der Waals surface area contributed by atoms with Gasteiger partial charge in [-0.1, -0.05) is 0 Å². The summed E-state index contributed by atoms with van der Waals surface area (Å²) in [6.45, 7) is 1.07. The van der Waals surface area contributed by atoms with Crippen LogP contribution < -0.4 is 0 Å². The minimum Gasteiger partial charge on any atom is -0.477 e. The number of aliphatic hydroxyl groups is 1. The molecule has 0 amide bonds. The van der Waals surface area contributed by atoms with Crippen LogP contribution in [0.4, 0.5) is 17.6 Å². The quantitative estimate of drug-likeness (QED) is 0.500. The minimum absolute atomic E-state index is 0.253. The number of carbonyl (C=O) groups is 2. The monoisotopic (exact) mass is 296 g/mol. The first-order valence-electron chi connectivity index (χ1n) is 5.17. The lowest BCUT2D eigenvalue weighted by molar-refractivity contribution is -0.153. The molecule has 0 heterocycles. The van der Waals surface area contributed by atoms with E-state index in [4.69, 9.17) is 5.11 Å². The Morgan fingerprint density at radius 2 is 1.55 bits per heavy atom. The summed E-state index contributed by atoms with van der Waals surface area (Å²) >= 11 is 0. The van der Waals surface area contributed by atoms with Crippen LogP contribution >= 0.6 is 0 Å². The van der Waals surface area contributed by atoms with Crippen LogP contribution in [0, 0.1) is 23.3 Å². The molecule has 0 saturated heterocycles. The number of aliphatic hydroxyl groups excluding tert-OH is 1. The molecule has 0 aliphatic rings. The van der Waals surface area contributed by atoms with Gasteiger partial charge in [0, 0.05) is 0 Å². The number of carbonyl (C=O) groups excluding carboxylic acids is 1. The molecule has 0 aliphatic heterocycles. The average molecular weight is 296 g/mol. The Morgan fingerprint density at radius 3 is 1.90 bits per heavy atom. The maximum absolute atomic E-state index is 13.5. The largest absolute Gasteiger partial charge is 0.477 e. The van der Waals surface area contributed by atoms with E-state index in [-0.39, 0.29) is 6.61 Å². The van der Waals surface area contributed by atoms with Gasteiger partial charge in [0.05, 0.1) is 12.2 Å². The van der Waals surface area contributed by atoms with E-state index in [1.54, 1.807) is 0 Å². The van der Waals surface area contributed by atoms with E-state index >= 15 is 0 Å². The lowest BCUT2D eigenvalue weighted by atomic mass is 10.0. The van der Waals surface area contributed by atoms with E-state index in [1.165, 1.54) is 6.92 Å². The molecule has 0 aromatic heterocycles. The van der Waals surface area contributed by atoms with Crippen molar-refractivity contribution in [2.45, 2.75) is 13.0 Å². The second-order valence-electron chi connectivity index (χ2n) is 3.50. The standard InChI is InChI=1S/C11H8F4O5/c1-2-20-11(19)9(16)3-5(12)7(14)4(10(17)18)8(15)6(3)13/h9,16H,2H2,1H3,(H,17,18). The van der Waals surface area contributed by atoms with Crippen LogP contribution in [-0.4, -0.2) is 28.8 Å². The van der Waals surface area contributed by atoms with Gasteiger partial charge in [0.2, 0.25) is 0 Å². The van der Waals surface area contributed by atoms with Crippen molar-refractivity contribution in [3.63, 3.8) is 0 Å². The van der Waals surface area contributed by atoms with Crippen LogP contribution in [0.2, 0.25) is 0 Å². The van der Waals surface area contributed by atoms with Crippen LogP contribution in [0.15, 0.2) is 0 Å². The summed E-state index contributed by atoms with van der Waals surface area (Å²) in [4.78, 5) is 21.6. The molecule has 1 unspecified atom stereocenters. The Kier molecular flexibility index (Phi) is 4.66. The topological polar surface area (TPSA) is 83.8 Å². The number of carboxylic acid groups (broad SMARTS) is 1. The SMILES string of the molecule is CCOC(=O)C(O)c1c(F)c(F)c(C(=O)O)c(F)c1F. The van der Waals surface area contributed by atoms with Gasteiger partial charge in [-0.15, -0.1) is 0 Å². The van der Waals surface area contributed by atoms with Crippen molar-refractivity contribution in [2.24, 2.45) is 0 Å². The molecule has 20 heavy (non-hydrogen) atoms. The maximum Gasteiger partial charge on any atom is 0.341 e. The third-order valence-electron chi connectivity index (χ3n) is 2.29. The molecule has 5 nitrogen and oxygen atoms in total. The number of halogens is 4. The van der Waals surface area contributed by atoms with Gasteiger partial charge in [-0.05, 0) is 6.92 Å². The first kappa shape index (κ1) is 15.9. The molecule has 110 valence electrons. The number of hydrogen-bond donors (Lipinski definition) is 2. The van der Waals surface area contributed by atoms with Crippen molar-refractivity contribution < 1.29 is 42.1 Å². The van der Waals surface area contributed by atoms with Gasteiger partial charge in [-0.25, -0.2) is 27.2 Å². The van der Waals surface area contributed by atoms with Crippen LogP contribution in [0.1, 0.15) is 28.9 Å². The Morgan fingerprint density at radius 1 is 1.10 bits per heavy atom. The summed E-state index contributed by atoms with van der Waals surface area (Å²) in [5.41, 5.74) is -3.51. The summed E-state index contributed by atoms with van der Waals surface area (Å²) in [6.07, 6.45) is -2.62. The molecular formula is C11H8F4O5. The molecule has 9 heteroatoms. The van der Waals surface area contributed by atoms with Gasteiger partial charge >= 0.3 is 11.9 Å². The summed E-state index contributed by atoms with van der Waals surface area (Å²) in [7, 11) is 0. The number of ether oxygens (including phenoxy) is 1. The number of carboxylic acids is 1. The summed E-state index contributed by atoms with van der Waals surface area (Å²) in [6, 6.07) is 0. The maximum atomic E-state index is 13.5. The third-order valence-corrected chi connectivity index (χ3v) is 2.29. The molecule has 2 N–H and O–H groups in total. The smallest absolute Gasteiger partial charge is 0.341 e. The van der Waals surface area contributed by atoms with Crippen molar-refractivity contribution in [1.29, 1.82) is 0 Å². The second kappa shape index (κ2) is 5.87. The fourth-order valence-electron chi connectivity index (χ4n) is 1.42. The van der Waals surface area contributed by atoms with E-state index in [9.17, 15) is 32.3 Å². The van der Waals surface area contributed by atoms with E-state index in [2.05, 4.69) is 4.74 Å². The van der Waals surface area contributed by atoms with Crippen LogP contribution in [-0.2, 0) is 9.53 Å². The Labute approximate surface area is 109 Å². The summed E-state index contributed by atoms with van der Waals surface area (Å²) < 4.78 is 57.9. The Balaban J connectivity index is 3.51. The van der Waals surface area contributed by atoms with Crippen LogP contribution in [0.3, 0.4) is 0 Å². The number of benzene rings is 1. The van der Waals surface area contributed by atoms with Crippen molar-refractivity contribution in [3.05, 3.63) is 34.4 Å². The molecule has 1 aromatic rings. The lowest BCUT2D eigenvalue weighted by Gasteiger charge is -2.14. The van der Waals surface area contributed by atoms with E-state index < -0.39 is 52.4 Å². The second-order valence-corrected chi connectivity index (χ2v) is 3.50. The van der Waals surface area contributed by atoms with Crippen molar-refractivity contribution in [2.75, 3.05) is 6.61 Å².